The summed E-state index contributed by atoms with van der Waals surface area (Å²) >= 11 is 0. The summed E-state index contributed by atoms with van der Waals surface area (Å²) in [4.78, 5) is 25.9. The Kier molecular flexibility index (Phi) is 5.45. The van der Waals surface area contributed by atoms with Crippen molar-refractivity contribution in [3.8, 4) is 11.5 Å². The molecule has 3 rings (SSSR count). The molecule has 1 N–H and O–H groups in total. The topological polar surface area (TPSA) is 67.9 Å². The second-order valence-corrected chi connectivity index (χ2v) is 6.51. The first-order chi connectivity index (χ1) is 12.9. The van der Waals surface area contributed by atoms with E-state index < -0.39 is 0 Å². The number of anilines is 1. The van der Waals surface area contributed by atoms with Crippen molar-refractivity contribution in [2.24, 2.45) is 0 Å². The fourth-order valence-electron chi connectivity index (χ4n) is 2.67. The summed E-state index contributed by atoms with van der Waals surface area (Å²) < 4.78 is 10.6. The zero-order chi connectivity index (χ0) is 19.4. The Morgan fingerprint density at radius 2 is 1.89 bits per heavy atom. The van der Waals surface area contributed by atoms with Crippen LogP contribution in [0.3, 0.4) is 0 Å². The molecule has 0 aliphatic carbocycles. The highest BCUT2D eigenvalue weighted by Gasteiger charge is 2.14. The van der Waals surface area contributed by atoms with Gasteiger partial charge < -0.3 is 19.7 Å². The van der Waals surface area contributed by atoms with Gasteiger partial charge in [0.15, 0.2) is 11.5 Å². The van der Waals surface area contributed by atoms with Crippen LogP contribution in [0.25, 0.3) is 6.08 Å². The molecule has 0 radical (unpaired) electrons. The van der Waals surface area contributed by atoms with Crippen molar-refractivity contribution in [3.63, 3.8) is 0 Å². The number of amides is 2. The lowest BCUT2D eigenvalue weighted by atomic mass is 10.1. The van der Waals surface area contributed by atoms with Crippen LogP contribution in [-0.4, -0.2) is 37.1 Å². The van der Waals surface area contributed by atoms with Gasteiger partial charge in [-0.05, 0) is 54.8 Å². The van der Waals surface area contributed by atoms with Gasteiger partial charge in [-0.15, -0.1) is 0 Å². The van der Waals surface area contributed by atoms with E-state index in [0.717, 1.165) is 22.4 Å². The van der Waals surface area contributed by atoms with E-state index in [-0.39, 0.29) is 25.2 Å². The monoisotopic (exact) mass is 366 g/mol. The largest absolute Gasteiger partial charge is 0.454 e. The standard InChI is InChI=1S/C21H22N2O4/c1-14-4-5-15(2)17(10-14)22-20(24)12-23(3)21(25)9-7-16-6-8-18-19(11-16)27-13-26-18/h4-11H,12-13H2,1-3H3,(H,22,24)/b9-7+. The van der Waals surface area contributed by atoms with Crippen LogP contribution in [0.5, 0.6) is 11.5 Å². The summed E-state index contributed by atoms with van der Waals surface area (Å²) in [7, 11) is 1.59. The second-order valence-electron chi connectivity index (χ2n) is 6.51. The number of nitrogens with one attached hydrogen (secondary N) is 1. The van der Waals surface area contributed by atoms with Gasteiger partial charge in [0, 0.05) is 18.8 Å². The molecule has 2 aromatic rings. The van der Waals surface area contributed by atoms with Crippen molar-refractivity contribution >= 4 is 23.6 Å². The minimum absolute atomic E-state index is 0.0301. The third-order valence-electron chi connectivity index (χ3n) is 4.24. The van der Waals surface area contributed by atoms with Crippen LogP contribution in [-0.2, 0) is 9.59 Å². The van der Waals surface area contributed by atoms with E-state index in [1.165, 1.54) is 11.0 Å². The Bertz CT molecular complexity index is 905. The van der Waals surface area contributed by atoms with Crippen LogP contribution in [0.1, 0.15) is 16.7 Å². The molecular weight excluding hydrogens is 344 g/mol. The van der Waals surface area contributed by atoms with Gasteiger partial charge in [-0.2, -0.15) is 0 Å². The number of likely N-dealkylation sites (N-methyl/N-ethyl adjacent to an activating group) is 1. The molecular formula is C21H22N2O4. The predicted molar refractivity (Wildman–Crippen MR) is 104 cm³/mol. The van der Waals surface area contributed by atoms with Gasteiger partial charge in [0.25, 0.3) is 0 Å². The van der Waals surface area contributed by atoms with Crippen molar-refractivity contribution in [3.05, 3.63) is 59.2 Å². The Hall–Kier alpha value is -3.28. The van der Waals surface area contributed by atoms with Crippen LogP contribution in [0.4, 0.5) is 5.69 Å². The zero-order valence-corrected chi connectivity index (χ0v) is 15.6. The van der Waals surface area contributed by atoms with Gasteiger partial charge in [-0.1, -0.05) is 18.2 Å². The molecule has 1 aliphatic heterocycles. The van der Waals surface area contributed by atoms with E-state index in [1.807, 2.05) is 38.1 Å². The summed E-state index contributed by atoms with van der Waals surface area (Å²) in [6, 6.07) is 11.3. The maximum atomic E-state index is 12.3. The predicted octanol–water partition coefficient (Wildman–Crippen LogP) is 3.14. The highest BCUT2D eigenvalue weighted by molar-refractivity contribution is 5.98. The van der Waals surface area contributed by atoms with Crippen LogP contribution < -0.4 is 14.8 Å². The molecule has 6 nitrogen and oxygen atoms in total. The molecule has 0 fully saturated rings. The molecule has 2 amide bonds. The van der Waals surface area contributed by atoms with Gasteiger partial charge in [0.05, 0.1) is 6.54 Å². The van der Waals surface area contributed by atoms with Crippen molar-refractivity contribution < 1.29 is 19.1 Å². The first kappa shape index (κ1) is 18.5. The third-order valence-corrected chi connectivity index (χ3v) is 4.24. The summed E-state index contributed by atoms with van der Waals surface area (Å²) in [6.07, 6.45) is 3.12. The quantitative estimate of drug-likeness (QED) is 0.826. The average molecular weight is 366 g/mol. The van der Waals surface area contributed by atoms with E-state index in [9.17, 15) is 9.59 Å². The summed E-state index contributed by atoms with van der Waals surface area (Å²) in [5, 5.41) is 2.85. The molecule has 1 heterocycles. The first-order valence-corrected chi connectivity index (χ1v) is 8.62. The van der Waals surface area contributed by atoms with Crippen LogP contribution in [0.15, 0.2) is 42.5 Å². The lowest BCUT2D eigenvalue weighted by Gasteiger charge is -2.16. The molecule has 6 heteroatoms. The molecule has 2 aromatic carbocycles. The number of ether oxygens (including phenoxy) is 2. The maximum Gasteiger partial charge on any atom is 0.246 e. The lowest BCUT2D eigenvalue weighted by molar-refractivity contribution is -0.129. The number of aryl methyl sites for hydroxylation is 2. The normalized spacial score (nSPS) is 12.3. The number of hydrogen-bond donors (Lipinski definition) is 1. The van der Waals surface area contributed by atoms with Gasteiger partial charge in [-0.25, -0.2) is 0 Å². The lowest BCUT2D eigenvalue weighted by Crippen LogP contribution is -2.34. The number of rotatable bonds is 5. The van der Waals surface area contributed by atoms with Gasteiger partial charge in [-0.3, -0.25) is 9.59 Å². The summed E-state index contributed by atoms with van der Waals surface area (Å²) in [5.41, 5.74) is 3.62. The first-order valence-electron chi connectivity index (χ1n) is 8.62. The number of hydrogen-bond acceptors (Lipinski definition) is 4. The molecule has 0 unspecified atom stereocenters. The third kappa shape index (κ3) is 4.67. The minimum Gasteiger partial charge on any atom is -0.454 e. The van der Waals surface area contributed by atoms with Gasteiger partial charge in [0.1, 0.15) is 0 Å². The highest BCUT2D eigenvalue weighted by atomic mass is 16.7. The van der Waals surface area contributed by atoms with Crippen molar-refractivity contribution in [2.45, 2.75) is 13.8 Å². The highest BCUT2D eigenvalue weighted by Crippen LogP contribution is 2.32. The molecule has 140 valence electrons. The van der Waals surface area contributed by atoms with Gasteiger partial charge in [0.2, 0.25) is 18.6 Å². The van der Waals surface area contributed by atoms with Gasteiger partial charge >= 0.3 is 0 Å². The molecule has 1 aliphatic rings. The molecule has 0 bridgehead atoms. The number of carbonyl (C=O) groups is 2. The molecule has 0 aromatic heterocycles. The maximum absolute atomic E-state index is 12.3. The smallest absolute Gasteiger partial charge is 0.246 e. The fourth-order valence-corrected chi connectivity index (χ4v) is 2.67. The minimum atomic E-state index is -0.260. The Balaban J connectivity index is 1.57. The van der Waals surface area contributed by atoms with E-state index in [0.29, 0.717) is 11.5 Å². The van der Waals surface area contributed by atoms with Crippen molar-refractivity contribution in [1.82, 2.24) is 4.90 Å². The number of benzene rings is 2. The average Bonchev–Trinajstić information content (AvgIpc) is 3.10. The molecule has 0 saturated heterocycles. The molecule has 0 atom stereocenters. The fraction of sp³-hybridized carbons (Fsp3) is 0.238. The molecule has 0 saturated carbocycles. The number of nitrogens with zero attached hydrogens (tertiary/aromatic N) is 1. The summed E-state index contributed by atoms with van der Waals surface area (Å²) in [6.45, 7) is 4.07. The van der Waals surface area contributed by atoms with Crippen molar-refractivity contribution in [2.75, 3.05) is 25.7 Å². The second kappa shape index (κ2) is 7.95. The molecule has 0 spiro atoms. The zero-order valence-electron chi connectivity index (χ0n) is 15.6. The Labute approximate surface area is 158 Å². The van der Waals surface area contributed by atoms with Crippen molar-refractivity contribution in [1.29, 1.82) is 0 Å². The SMILES string of the molecule is Cc1ccc(C)c(NC(=O)CN(C)C(=O)/C=C/c2ccc3c(c2)OCO3)c1. The van der Waals surface area contributed by atoms with E-state index in [1.54, 1.807) is 25.3 Å². The Morgan fingerprint density at radius 3 is 2.70 bits per heavy atom. The molecule has 27 heavy (non-hydrogen) atoms. The Morgan fingerprint density at radius 1 is 1.11 bits per heavy atom. The van der Waals surface area contributed by atoms with Crippen LogP contribution in [0, 0.1) is 13.8 Å². The number of fused-ring (bicyclic) bond motifs is 1. The van der Waals surface area contributed by atoms with E-state index >= 15 is 0 Å². The van der Waals surface area contributed by atoms with Crippen LogP contribution >= 0.6 is 0 Å². The summed E-state index contributed by atoms with van der Waals surface area (Å²) in [5.74, 6) is 0.851. The van der Waals surface area contributed by atoms with E-state index in [2.05, 4.69) is 5.32 Å². The van der Waals surface area contributed by atoms with Crippen LogP contribution in [0.2, 0.25) is 0 Å². The van der Waals surface area contributed by atoms with E-state index in [4.69, 9.17) is 9.47 Å². The number of carbonyl (C=O) groups excluding carboxylic acids is 2.